The molecule has 0 aliphatic heterocycles. The molecule has 3 aromatic carbocycles. The van der Waals surface area contributed by atoms with Crippen LogP contribution in [0.1, 0.15) is 22.5 Å². The number of para-hydroxylation sites is 2. The Labute approximate surface area is 222 Å². The highest BCUT2D eigenvalue weighted by molar-refractivity contribution is 5.85. The fourth-order valence-electron chi connectivity index (χ4n) is 3.99. The van der Waals surface area contributed by atoms with E-state index in [9.17, 15) is 0 Å². The van der Waals surface area contributed by atoms with Gasteiger partial charge in [-0.15, -0.1) is 0 Å². The molecule has 8 heteroatoms. The van der Waals surface area contributed by atoms with Crippen LogP contribution in [-0.4, -0.2) is 52.6 Å². The van der Waals surface area contributed by atoms with Crippen molar-refractivity contribution in [3.05, 3.63) is 71.0 Å². The Morgan fingerprint density at radius 1 is 0.474 bits per heavy atom. The van der Waals surface area contributed by atoms with E-state index in [2.05, 4.69) is 0 Å². The highest BCUT2D eigenvalue weighted by Crippen LogP contribution is 2.37. The Morgan fingerprint density at radius 3 is 1.11 bits per heavy atom. The number of nitrogens with zero attached hydrogens (tertiary/aromatic N) is 2. The fraction of sp³-hybridized carbons (Fsp3) is 0.200. The second kappa shape index (κ2) is 12.0. The number of methoxy groups -OCH3 is 6. The van der Waals surface area contributed by atoms with Crippen LogP contribution in [0.4, 0.5) is 0 Å². The molecule has 38 heavy (non-hydrogen) atoms. The molecule has 0 unspecified atom stereocenters. The normalized spacial score (nSPS) is 11.2. The van der Waals surface area contributed by atoms with Crippen molar-refractivity contribution in [3.63, 3.8) is 0 Å². The maximum atomic E-state index is 5.60. The van der Waals surface area contributed by atoms with Crippen molar-refractivity contribution in [3.8, 4) is 34.5 Å². The van der Waals surface area contributed by atoms with E-state index in [0.717, 1.165) is 22.2 Å². The number of ether oxygens (including phenoxy) is 6. The van der Waals surface area contributed by atoms with E-state index in [4.69, 9.17) is 38.4 Å². The van der Waals surface area contributed by atoms with Crippen molar-refractivity contribution in [2.75, 3.05) is 42.7 Å². The Morgan fingerprint density at radius 2 is 0.816 bits per heavy atom. The van der Waals surface area contributed by atoms with Gasteiger partial charge in [-0.3, -0.25) is 0 Å². The van der Waals surface area contributed by atoms with Crippen LogP contribution in [0.15, 0.2) is 48.5 Å². The van der Waals surface area contributed by atoms with E-state index in [1.54, 1.807) is 66.9 Å². The zero-order valence-corrected chi connectivity index (χ0v) is 22.3. The zero-order chi connectivity index (χ0) is 27.1. The molecule has 0 atom stereocenters. The van der Waals surface area contributed by atoms with E-state index in [-0.39, 0.29) is 0 Å². The van der Waals surface area contributed by atoms with Gasteiger partial charge in [0.05, 0.1) is 76.2 Å². The second-order valence-corrected chi connectivity index (χ2v) is 8.04. The Bertz CT molecular complexity index is 1330. The summed E-state index contributed by atoms with van der Waals surface area (Å²) in [6.07, 6.45) is 7.55. The molecule has 0 fully saturated rings. The lowest BCUT2D eigenvalue weighted by Gasteiger charge is -2.13. The Balaban J connectivity index is 1.84. The van der Waals surface area contributed by atoms with Crippen LogP contribution in [0.25, 0.3) is 35.3 Å². The monoisotopic (exact) mass is 514 g/mol. The number of hydrogen-bond acceptors (Lipinski definition) is 8. The van der Waals surface area contributed by atoms with Gasteiger partial charge in [0.1, 0.15) is 34.5 Å². The minimum absolute atomic E-state index is 0.607. The van der Waals surface area contributed by atoms with E-state index in [1.807, 2.05) is 48.6 Å². The summed E-state index contributed by atoms with van der Waals surface area (Å²) in [4.78, 5) is 9.74. The van der Waals surface area contributed by atoms with Crippen LogP contribution in [0.3, 0.4) is 0 Å². The van der Waals surface area contributed by atoms with Gasteiger partial charge in [-0.05, 0) is 36.4 Å². The predicted octanol–water partition coefficient (Wildman–Crippen LogP) is 6.02. The van der Waals surface area contributed by atoms with Crippen molar-refractivity contribution >= 4 is 35.3 Å². The van der Waals surface area contributed by atoms with Crippen LogP contribution in [0.5, 0.6) is 34.5 Å². The summed E-state index contributed by atoms with van der Waals surface area (Å²) in [5.41, 5.74) is 4.37. The summed E-state index contributed by atoms with van der Waals surface area (Å²) in [7, 11) is 9.60. The molecular weight excluding hydrogens is 484 g/mol. The molecule has 8 nitrogen and oxygen atoms in total. The molecule has 0 N–H and O–H groups in total. The summed E-state index contributed by atoms with van der Waals surface area (Å²) < 4.78 is 33.1. The number of rotatable bonds is 10. The quantitative estimate of drug-likeness (QED) is 0.254. The molecule has 4 aromatic rings. The summed E-state index contributed by atoms with van der Waals surface area (Å²) in [6, 6.07) is 14.9. The van der Waals surface area contributed by atoms with Gasteiger partial charge in [0.25, 0.3) is 0 Å². The van der Waals surface area contributed by atoms with Crippen molar-refractivity contribution < 1.29 is 28.4 Å². The maximum Gasteiger partial charge on any atom is 0.133 e. The van der Waals surface area contributed by atoms with Crippen LogP contribution in [0.2, 0.25) is 0 Å². The van der Waals surface area contributed by atoms with Gasteiger partial charge in [0.2, 0.25) is 0 Å². The average Bonchev–Trinajstić information content (AvgIpc) is 2.97. The van der Waals surface area contributed by atoms with E-state index in [1.165, 1.54) is 0 Å². The SMILES string of the molecule is COc1cc(OC)c(C=Cc2nc3ccccc3nc2C=Cc2c(OC)cc(OC)cc2OC)c(OC)c1. The molecular formula is C30H30N2O6. The third kappa shape index (κ3) is 5.49. The number of hydrogen-bond donors (Lipinski definition) is 0. The molecule has 4 rings (SSSR count). The highest BCUT2D eigenvalue weighted by atomic mass is 16.5. The van der Waals surface area contributed by atoms with E-state index in [0.29, 0.717) is 45.9 Å². The first kappa shape index (κ1) is 26.3. The molecule has 1 heterocycles. The smallest absolute Gasteiger partial charge is 0.133 e. The predicted molar refractivity (Wildman–Crippen MR) is 150 cm³/mol. The van der Waals surface area contributed by atoms with Gasteiger partial charge in [0.15, 0.2) is 0 Å². The Kier molecular flexibility index (Phi) is 8.33. The summed E-state index contributed by atoms with van der Waals surface area (Å²) >= 11 is 0. The number of fused-ring (bicyclic) bond motifs is 1. The van der Waals surface area contributed by atoms with Crippen LogP contribution in [-0.2, 0) is 0 Å². The molecule has 0 spiro atoms. The zero-order valence-electron chi connectivity index (χ0n) is 22.3. The van der Waals surface area contributed by atoms with Crippen molar-refractivity contribution in [2.24, 2.45) is 0 Å². The molecule has 0 radical (unpaired) electrons. The van der Waals surface area contributed by atoms with Crippen LogP contribution >= 0.6 is 0 Å². The number of benzene rings is 3. The summed E-state index contributed by atoms with van der Waals surface area (Å²) in [6.45, 7) is 0. The average molecular weight is 515 g/mol. The molecule has 1 aromatic heterocycles. The van der Waals surface area contributed by atoms with Gasteiger partial charge >= 0.3 is 0 Å². The van der Waals surface area contributed by atoms with E-state index < -0.39 is 0 Å². The molecule has 0 saturated carbocycles. The van der Waals surface area contributed by atoms with Crippen LogP contribution in [0, 0.1) is 0 Å². The topological polar surface area (TPSA) is 81.2 Å². The molecule has 0 bridgehead atoms. The maximum absolute atomic E-state index is 5.60. The fourth-order valence-corrected chi connectivity index (χ4v) is 3.99. The first-order chi connectivity index (χ1) is 18.5. The Hall–Kier alpha value is -4.72. The van der Waals surface area contributed by atoms with Crippen molar-refractivity contribution in [2.45, 2.75) is 0 Å². The standard InChI is InChI=1S/C30H30N2O6/c1-33-19-15-27(35-3)21(28(16-19)36-4)11-13-25-26(32-24-10-8-7-9-23(24)31-25)14-12-22-29(37-5)17-20(34-2)18-30(22)38-6/h7-18H,1-6H3. The van der Waals surface area contributed by atoms with Crippen LogP contribution < -0.4 is 28.4 Å². The summed E-state index contributed by atoms with van der Waals surface area (Å²) in [5, 5.41) is 0. The number of aromatic nitrogens is 2. The molecule has 0 aliphatic carbocycles. The van der Waals surface area contributed by atoms with Gasteiger partial charge < -0.3 is 28.4 Å². The van der Waals surface area contributed by atoms with Gasteiger partial charge in [-0.2, -0.15) is 0 Å². The minimum Gasteiger partial charge on any atom is -0.496 e. The third-order valence-corrected chi connectivity index (χ3v) is 5.95. The molecule has 0 saturated heterocycles. The summed E-state index contributed by atoms with van der Waals surface area (Å²) in [5.74, 6) is 3.69. The van der Waals surface area contributed by atoms with Gasteiger partial charge in [0, 0.05) is 24.3 Å². The molecule has 0 amide bonds. The van der Waals surface area contributed by atoms with Crippen molar-refractivity contribution in [1.82, 2.24) is 9.97 Å². The van der Waals surface area contributed by atoms with Gasteiger partial charge in [-0.25, -0.2) is 9.97 Å². The molecule has 0 aliphatic rings. The lowest BCUT2D eigenvalue weighted by Crippen LogP contribution is -1.97. The third-order valence-electron chi connectivity index (χ3n) is 5.95. The highest BCUT2D eigenvalue weighted by Gasteiger charge is 2.14. The van der Waals surface area contributed by atoms with Crippen molar-refractivity contribution in [1.29, 1.82) is 0 Å². The minimum atomic E-state index is 0.607. The van der Waals surface area contributed by atoms with Gasteiger partial charge in [-0.1, -0.05) is 12.1 Å². The lowest BCUT2D eigenvalue weighted by atomic mass is 10.1. The second-order valence-electron chi connectivity index (χ2n) is 8.04. The first-order valence-corrected chi connectivity index (χ1v) is 11.8. The van der Waals surface area contributed by atoms with E-state index >= 15 is 0 Å². The first-order valence-electron chi connectivity index (χ1n) is 11.8. The lowest BCUT2D eigenvalue weighted by molar-refractivity contribution is 0.374. The molecule has 196 valence electrons. The largest absolute Gasteiger partial charge is 0.496 e.